The number of thiophene rings is 1. The number of aryl methyl sites for hydroxylation is 1. The van der Waals surface area contributed by atoms with Gasteiger partial charge in [-0.2, -0.15) is 4.98 Å². The van der Waals surface area contributed by atoms with Gasteiger partial charge in [-0.05, 0) is 38.4 Å². The zero-order valence-electron chi connectivity index (χ0n) is 15.5. The SMILES string of the molecule is CNCC1CCN(C(=O)c2sc3nc(COC)nc(OC)c3c2C)C1.Cl. The molecule has 0 spiro atoms. The van der Waals surface area contributed by atoms with Gasteiger partial charge in [0.2, 0.25) is 5.88 Å². The smallest absolute Gasteiger partial charge is 0.264 e. The number of halogens is 1. The summed E-state index contributed by atoms with van der Waals surface area (Å²) in [6, 6.07) is 0. The Balaban J connectivity index is 0.00000243. The topological polar surface area (TPSA) is 76.6 Å². The van der Waals surface area contributed by atoms with Crippen LogP contribution in [-0.2, 0) is 11.3 Å². The number of rotatable bonds is 6. The number of hydrogen-bond donors (Lipinski definition) is 1. The number of ether oxygens (including phenoxy) is 2. The Kier molecular flexibility index (Phi) is 7.16. The minimum atomic E-state index is 0. The third-order valence-corrected chi connectivity index (χ3v) is 5.70. The van der Waals surface area contributed by atoms with Crippen molar-refractivity contribution in [3.8, 4) is 5.88 Å². The summed E-state index contributed by atoms with van der Waals surface area (Å²) in [7, 11) is 5.13. The van der Waals surface area contributed by atoms with Crippen LogP contribution in [0.1, 0.15) is 27.5 Å². The number of aromatic nitrogens is 2. The fourth-order valence-corrected chi connectivity index (χ4v) is 4.46. The lowest BCUT2D eigenvalue weighted by molar-refractivity contribution is 0.0791. The Hall–Kier alpha value is -1.48. The van der Waals surface area contributed by atoms with Crippen molar-refractivity contribution in [2.24, 2.45) is 5.92 Å². The van der Waals surface area contributed by atoms with Crippen molar-refractivity contribution in [1.82, 2.24) is 20.2 Å². The minimum Gasteiger partial charge on any atom is -0.480 e. The number of fused-ring (bicyclic) bond motifs is 1. The van der Waals surface area contributed by atoms with Gasteiger partial charge in [0.1, 0.15) is 11.4 Å². The number of amides is 1. The van der Waals surface area contributed by atoms with Crippen molar-refractivity contribution in [3.63, 3.8) is 0 Å². The van der Waals surface area contributed by atoms with E-state index in [-0.39, 0.29) is 18.3 Å². The molecule has 26 heavy (non-hydrogen) atoms. The molecule has 1 amide bonds. The molecule has 0 bridgehead atoms. The van der Waals surface area contributed by atoms with Crippen molar-refractivity contribution >= 4 is 39.9 Å². The van der Waals surface area contributed by atoms with Crippen LogP contribution in [0.2, 0.25) is 0 Å². The lowest BCUT2D eigenvalue weighted by Gasteiger charge is -2.16. The molecular formula is C17H25ClN4O3S. The monoisotopic (exact) mass is 400 g/mol. The molecule has 0 radical (unpaired) electrons. The molecule has 1 N–H and O–H groups in total. The molecule has 9 heteroatoms. The van der Waals surface area contributed by atoms with Crippen molar-refractivity contribution in [2.75, 3.05) is 40.9 Å². The molecule has 3 rings (SSSR count). The summed E-state index contributed by atoms with van der Waals surface area (Å²) in [4.78, 5) is 25.4. The molecule has 2 aromatic rings. The molecule has 0 saturated carbocycles. The zero-order valence-corrected chi connectivity index (χ0v) is 17.1. The molecule has 1 unspecified atom stereocenters. The Bertz CT molecular complexity index is 783. The van der Waals surface area contributed by atoms with E-state index < -0.39 is 0 Å². The number of carbonyl (C=O) groups is 1. The predicted molar refractivity (Wildman–Crippen MR) is 105 cm³/mol. The fraction of sp³-hybridized carbons (Fsp3) is 0.588. The molecule has 1 aliphatic rings. The highest BCUT2D eigenvalue weighted by molar-refractivity contribution is 7.20. The average Bonchev–Trinajstić information content (AvgIpc) is 3.19. The highest BCUT2D eigenvalue weighted by atomic mass is 35.5. The van der Waals surface area contributed by atoms with Crippen LogP contribution in [0.25, 0.3) is 10.2 Å². The lowest BCUT2D eigenvalue weighted by Crippen LogP contribution is -2.30. The highest BCUT2D eigenvalue weighted by Gasteiger charge is 2.30. The van der Waals surface area contributed by atoms with E-state index in [0.29, 0.717) is 24.2 Å². The van der Waals surface area contributed by atoms with Gasteiger partial charge in [-0.3, -0.25) is 4.79 Å². The van der Waals surface area contributed by atoms with Crippen molar-refractivity contribution in [2.45, 2.75) is 20.0 Å². The van der Waals surface area contributed by atoms with Gasteiger partial charge >= 0.3 is 0 Å². The van der Waals surface area contributed by atoms with Crippen LogP contribution < -0.4 is 10.1 Å². The van der Waals surface area contributed by atoms with E-state index in [1.165, 1.54) is 11.3 Å². The van der Waals surface area contributed by atoms with Gasteiger partial charge < -0.3 is 19.7 Å². The molecule has 0 aliphatic carbocycles. The van der Waals surface area contributed by atoms with Gasteiger partial charge in [-0.15, -0.1) is 23.7 Å². The maximum atomic E-state index is 13.0. The van der Waals surface area contributed by atoms with Gasteiger partial charge in [-0.25, -0.2) is 4.98 Å². The number of methoxy groups -OCH3 is 2. The van der Waals surface area contributed by atoms with Crippen LogP contribution in [0.3, 0.4) is 0 Å². The Morgan fingerprint density at radius 3 is 2.81 bits per heavy atom. The van der Waals surface area contributed by atoms with Gasteiger partial charge in [0, 0.05) is 20.2 Å². The van der Waals surface area contributed by atoms with E-state index in [0.717, 1.165) is 46.7 Å². The van der Waals surface area contributed by atoms with Crippen LogP contribution in [-0.4, -0.2) is 61.7 Å². The Labute approximate surface area is 163 Å². The first-order valence-corrected chi connectivity index (χ1v) is 9.17. The third kappa shape index (κ3) is 3.93. The number of likely N-dealkylation sites (tertiary alicyclic amines) is 1. The summed E-state index contributed by atoms with van der Waals surface area (Å²) in [6.07, 6.45) is 1.04. The van der Waals surface area contributed by atoms with Crippen LogP contribution in [0.4, 0.5) is 0 Å². The Morgan fingerprint density at radius 1 is 1.38 bits per heavy atom. The molecule has 1 atom stereocenters. The van der Waals surface area contributed by atoms with Crippen molar-refractivity contribution in [3.05, 3.63) is 16.3 Å². The average molecular weight is 401 g/mol. The van der Waals surface area contributed by atoms with Crippen LogP contribution in [0, 0.1) is 12.8 Å². The summed E-state index contributed by atoms with van der Waals surface area (Å²) < 4.78 is 10.5. The number of nitrogens with zero attached hydrogens (tertiary/aromatic N) is 3. The minimum absolute atomic E-state index is 0. The van der Waals surface area contributed by atoms with Crippen molar-refractivity contribution in [1.29, 1.82) is 0 Å². The van der Waals surface area contributed by atoms with E-state index in [1.807, 2.05) is 18.9 Å². The molecule has 2 aromatic heterocycles. The normalized spacial score (nSPS) is 16.8. The largest absolute Gasteiger partial charge is 0.480 e. The second kappa shape index (κ2) is 8.94. The zero-order chi connectivity index (χ0) is 18.0. The van der Waals surface area contributed by atoms with E-state index in [4.69, 9.17) is 9.47 Å². The summed E-state index contributed by atoms with van der Waals surface area (Å²) >= 11 is 1.41. The Morgan fingerprint density at radius 2 is 2.15 bits per heavy atom. The number of nitrogens with one attached hydrogen (secondary N) is 1. The number of hydrogen-bond acceptors (Lipinski definition) is 7. The molecular weight excluding hydrogens is 376 g/mol. The molecule has 0 aromatic carbocycles. The molecule has 3 heterocycles. The maximum absolute atomic E-state index is 13.0. The van der Waals surface area contributed by atoms with E-state index in [2.05, 4.69) is 15.3 Å². The van der Waals surface area contributed by atoms with E-state index in [9.17, 15) is 4.79 Å². The first kappa shape index (κ1) is 20.8. The molecule has 1 aliphatic heterocycles. The molecule has 1 fully saturated rings. The summed E-state index contributed by atoms with van der Waals surface area (Å²) in [6.45, 7) is 4.79. The first-order chi connectivity index (χ1) is 12.1. The predicted octanol–water partition coefficient (Wildman–Crippen LogP) is 2.26. The first-order valence-electron chi connectivity index (χ1n) is 8.35. The quantitative estimate of drug-likeness (QED) is 0.801. The summed E-state index contributed by atoms with van der Waals surface area (Å²) in [5.41, 5.74) is 0.892. The second-order valence-corrected chi connectivity index (χ2v) is 7.28. The fourth-order valence-electron chi connectivity index (χ4n) is 3.31. The molecule has 7 nitrogen and oxygen atoms in total. The van der Waals surface area contributed by atoms with Crippen LogP contribution >= 0.6 is 23.7 Å². The molecule has 1 saturated heterocycles. The standard InChI is InChI=1S/C17H24N4O3S.ClH/c1-10-13-15(24-4)19-12(9-23-3)20-16(13)25-14(10)17(22)21-6-5-11(8-21)7-18-2;/h11,18H,5-9H2,1-4H3;1H. The van der Waals surface area contributed by atoms with E-state index in [1.54, 1.807) is 14.2 Å². The van der Waals surface area contributed by atoms with Crippen LogP contribution in [0.15, 0.2) is 0 Å². The van der Waals surface area contributed by atoms with Gasteiger partial charge in [0.05, 0.1) is 17.4 Å². The lowest BCUT2D eigenvalue weighted by atomic mass is 10.1. The molecule has 144 valence electrons. The van der Waals surface area contributed by atoms with E-state index >= 15 is 0 Å². The maximum Gasteiger partial charge on any atom is 0.264 e. The summed E-state index contributed by atoms with van der Waals surface area (Å²) in [5, 5.41) is 4.01. The van der Waals surface area contributed by atoms with Crippen molar-refractivity contribution < 1.29 is 14.3 Å². The van der Waals surface area contributed by atoms with Gasteiger partial charge in [0.15, 0.2) is 5.82 Å². The van der Waals surface area contributed by atoms with Gasteiger partial charge in [-0.1, -0.05) is 0 Å². The van der Waals surface area contributed by atoms with Crippen LogP contribution in [0.5, 0.6) is 5.88 Å². The van der Waals surface area contributed by atoms with Gasteiger partial charge in [0.25, 0.3) is 5.91 Å². The second-order valence-electron chi connectivity index (χ2n) is 6.28. The third-order valence-electron chi connectivity index (χ3n) is 4.53. The summed E-state index contributed by atoms with van der Waals surface area (Å²) in [5.74, 6) is 1.66. The highest BCUT2D eigenvalue weighted by Crippen LogP contribution is 2.36. The number of carbonyl (C=O) groups excluding carboxylic acids is 1.